The van der Waals surface area contributed by atoms with Gasteiger partial charge in [0.05, 0.1) is 38.7 Å². The highest BCUT2D eigenvalue weighted by Gasteiger charge is 2.19. The van der Waals surface area contributed by atoms with Crippen molar-refractivity contribution < 1.29 is 14.3 Å². The lowest BCUT2D eigenvalue weighted by atomic mass is 10.1. The van der Waals surface area contributed by atoms with Gasteiger partial charge in [0.15, 0.2) is 11.5 Å². The molecule has 1 aromatic heterocycles. The number of carbonyl (C=O) groups excluding carboxylic acids is 1. The van der Waals surface area contributed by atoms with Crippen molar-refractivity contribution in [2.45, 2.75) is 26.2 Å². The van der Waals surface area contributed by atoms with E-state index in [4.69, 9.17) is 9.47 Å². The molecule has 2 amide bonds. The third kappa shape index (κ3) is 4.51. The number of fused-ring (bicyclic) bond motifs is 1. The molecule has 8 nitrogen and oxygen atoms in total. The molecule has 0 saturated heterocycles. The third-order valence-corrected chi connectivity index (χ3v) is 4.61. The van der Waals surface area contributed by atoms with Crippen LogP contribution in [0.3, 0.4) is 0 Å². The van der Waals surface area contributed by atoms with Crippen LogP contribution in [0.5, 0.6) is 11.5 Å². The Morgan fingerprint density at radius 1 is 1.19 bits per heavy atom. The quantitative estimate of drug-likeness (QED) is 0.834. The maximum Gasteiger partial charge on any atom is 0.317 e. The number of carbonyl (C=O) groups is 1. The van der Waals surface area contributed by atoms with Crippen molar-refractivity contribution >= 4 is 6.03 Å². The average molecular weight is 373 g/mol. The van der Waals surface area contributed by atoms with E-state index in [2.05, 4.69) is 27.4 Å². The largest absolute Gasteiger partial charge is 0.493 e. The van der Waals surface area contributed by atoms with Gasteiger partial charge in [-0.3, -0.25) is 9.58 Å². The van der Waals surface area contributed by atoms with Crippen LogP contribution in [0.1, 0.15) is 17.0 Å². The number of nitrogens with one attached hydrogen (secondary N) is 1. The van der Waals surface area contributed by atoms with E-state index in [1.807, 2.05) is 16.8 Å². The lowest BCUT2D eigenvalue weighted by Crippen LogP contribution is -2.34. The normalized spacial score (nSPS) is 13.8. The van der Waals surface area contributed by atoms with E-state index in [-0.39, 0.29) is 6.03 Å². The summed E-state index contributed by atoms with van der Waals surface area (Å²) in [6, 6.07) is 7.98. The number of methoxy groups -OCH3 is 2. The first kappa shape index (κ1) is 19.0. The van der Waals surface area contributed by atoms with E-state index in [1.165, 1.54) is 10.5 Å². The second-order valence-electron chi connectivity index (χ2n) is 6.80. The maximum atomic E-state index is 11.7. The molecule has 0 aliphatic carbocycles. The standard InChI is InChI=1S/C19H27N5O3/c1-22(2)19(25)20-11-15-10-16-13-23(7-8-24(16)21-15)12-14-5-6-17(26-3)18(9-14)27-4/h5-6,9-10H,7-8,11-13H2,1-4H3,(H,20,25). The molecule has 2 aromatic rings. The summed E-state index contributed by atoms with van der Waals surface area (Å²) in [6.07, 6.45) is 0. The number of amides is 2. The Labute approximate surface area is 159 Å². The zero-order valence-electron chi connectivity index (χ0n) is 16.4. The van der Waals surface area contributed by atoms with Gasteiger partial charge in [-0.15, -0.1) is 0 Å². The molecule has 1 N–H and O–H groups in total. The zero-order valence-corrected chi connectivity index (χ0v) is 16.4. The SMILES string of the molecule is COc1ccc(CN2CCn3nc(CNC(=O)N(C)C)cc3C2)cc1OC. The van der Waals surface area contributed by atoms with Crippen LogP contribution in [0.25, 0.3) is 0 Å². The molecule has 0 atom stereocenters. The highest BCUT2D eigenvalue weighted by molar-refractivity contribution is 5.73. The number of nitrogens with zero attached hydrogens (tertiary/aromatic N) is 4. The molecular weight excluding hydrogens is 346 g/mol. The number of rotatable bonds is 6. The second-order valence-corrected chi connectivity index (χ2v) is 6.80. The van der Waals surface area contributed by atoms with E-state index in [0.29, 0.717) is 6.54 Å². The number of benzene rings is 1. The van der Waals surface area contributed by atoms with Gasteiger partial charge in [-0.25, -0.2) is 4.79 Å². The third-order valence-electron chi connectivity index (χ3n) is 4.61. The van der Waals surface area contributed by atoms with Crippen molar-refractivity contribution in [3.05, 3.63) is 41.2 Å². The van der Waals surface area contributed by atoms with Gasteiger partial charge in [0.2, 0.25) is 0 Å². The van der Waals surface area contributed by atoms with Crippen LogP contribution >= 0.6 is 0 Å². The van der Waals surface area contributed by atoms with Crippen molar-refractivity contribution in [3.63, 3.8) is 0 Å². The molecule has 0 spiro atoms. The first-order valence-corrected chi connectivity index (χ1v) is 8.94. The number of hydrogen-bond acceptors (Lipinski definition) is 5. The van der Waals surface area contributed by atoms with Crippen LogP contribution in [0, 0.1) is 0 Å². The van der Waals surface area contributed by atoms with Crippen LogP contribution in [0.15, 0.2) is 24.3 Å². The Kier molecular flexibility index (Phi) is 5.85. The Morgan fingerprint density at radius 2 is 1.96 bits per heavy atom. The molecule has 27 heavy (non-hydrogen) atoms. The minimum atomic E-state index is -0.115. The highest BCUT2D eigenvalue weighted by atomic mass is 16.5. The van der Waals surface area contributed by atoms with Crippen LogP contribution in [0.2, 0.25) is 0 Å². The van der Waals surface area contributed by atoms with Crippen molar-refractivity contribution in [3.8, 4) is 11.5 Å². The van der Waals surface area contributed by atoms with Crippen molar-refractivity contribution in [1.29, 1.82) is 0 Å². The van der Waals surface area contributed by atoms with E-state index >= 15 is 0 Å². The van der Waals surface area contributed by atoms with Crippen LogP contribution in [0.4, 0.5) is 4.79 Å². The van der Waals surface area contributed by atoms with Crippen LogP contribution in [-0.4, -0.2) is 60.5 Å². The van der Waals surface area contributed by atoms with Gasteiger partial charge in [0.1, 0.15) is 0 Å². The van der Waals surface area contributed by atoms with Crippen molar-refractivity contribution in [1.82, 2.24) is 24.9 Å². The molecule has 0 unspecified atom stereocenters. The molecule has 8 heteroatoms. The minimum absolute atomic E-state index is 0.115. The molecule has 0 fully saturated rings. The molecule has 1 aromatic carbocycles. The van der Waals surface area contributed by atoms with Crippen LogP contribution in [-0.2, 0) is 26.2 Å². The molecule has 3 rings (SSSR count). The maximum absolute atomic E-state index is 11.7. The molecular formula is C19H27N5O3. The van der Waals surface area contributed by atoms with Crippen LogP contribution < -0.4 is 14.8 Å². The number of aromatic nitrogens is 2. The summed E-state index contributed by atoms with van der Waals surface area (Å²) in [5, 5.41) is 7.45. The minimum Gasteiger partial charge on any atom is -0.493 e. The predicted molar refractivity (Wildman–Crippen MR) is 102 cm³/mol. The molecule has 1 aliphatic rings. The lowest BCUT2D eigenvalue weighted by molar-refractivity contribution is 0.204. The topological polar surface area (TPSA) is 71.9 Å². The highest BCUT2D eigenvalue weighted by Crippen LogP contribution is 2.28. The molecule has 0 radical (unpaired) electrons. The molecule has 0 saturated carbocycles. The monoisotopic (exact) mass is 373 g/mol. The van der Waals surface area contributed by atoms with E-state index < -0.39 is 0 Å². The molecule has 146 valence electrons. The summed E-state index contributed by atoms with van der Waals surface area (Å²) in [7, 11) is 6.73. The van der Waals surface area contributed by atoms with Gasteiger partial charge in [-0.05, 0) is 23.8 Å². The Balaban J connectivity index is 1.62. The fraction of sp³-hybridized carbons (Fsp3) is 0.474. The van der Waals surface area contributed by atoms with Gasteiger partial charge in [0, 0.05) is 33.7 Å². The molecule has 1 aliphatic heterocycles. The predicted octanol–water partition coefficient (Wildman–Crippen LogP) is 1.69. The summed E-state index contributed by atoms with van der Waals surface area (Å²) in [5.74, 6) is 1.48. The van der Waals surface area contributed by atoms with Gasteiger partial charge in [0.25, 0.3) is 0 Å². The first-order valence-electron chi connectivity index (χ1n) is 8.94. The number of ether oxygens (including phenoxy) is 2. The Bertz CT molecular complexity index is 803. The lowest BCUT2D eigenvalue weighted by Gasteiger charge is -2.27. The number of hydrogen-bond donors (Lipinski definition) is 1. The van der Waals surface area contributed by atoms with Crippen molar-refractivity contribution in [2.24, 2.45) is 0 Å². The summed E-state index contributed by atoms with van der Waals surface area (Å²) >= 11 is 0. The van der Waals surface area contributed by atoms with E-state index in [0.717, 1.165) is 49.1 Å². The van der Waals surface area contributed by atoms with Gasteiger partial charge >= 0.3 is 6.03 Å². The average Bonchev–Trinajstić information content (AvgIpc) is 3.08. The molecule has 0 bridgehead atoms. The summed E-state index contributed by atoms with van der Waals surface area (Å²) in [4.78, 5) is 15.6. The van der Waals surface area contributed by atoms with Gasteiger partial charge < -0.3 is 19.7 Å². The summed E-state index contributed by atoms with van der Waals surface area (Å²) in [6.45, 7) is 3.85. The van der Waals surface area contributed by atoms with Gasteiger partial charge in [-0.2, -0.15) is 5.10 Å². The number of urea groups is 1. The van der Waals surface area contributed by atoms with E-state index in [1.54, 1.807) is 28.3 Å². The van der Waals surface area contributed by atoms with Crippen molar-refractivity contribution in [2.75, 3.05) is 34.9 Å². The first-order chi connectivity index (χ1) is 13.0. The molecule has 2 heterocycles. The fourth-order valence-electron chi connectivity index (χ4n) is 3.16. The van der Waals surface area contributed by atoms with E-state index in [9.17, 15) is 4.79 Å². The summed E-state index contributed by atoms with van der Waals surface area (Å²) in [5.41, 5.74) is 3.23. The smallest absolute Gasteiger partial charge is 0.317 e. The zero-order chi connectivity index (χ0) is 19.4. The second kappa shape index (κ2) is 8.30. The Hall–Kier alpha value is -2.74. The Morgan fingerprint density at radius 3 is 2.67 bits per heavy atom. The fourth-order valence-corrected chi connectivity index (χ4v) is 3.16. The van der Waals surface area contributed by atoms with Gasteiger partial charge in [-0.1, -0.05) is 6.07 Å². The summed E-state index contributed by atoms with van der Waals surface area (Å²) < 4.78 is 12.7.